The van der Waals surface area contributed by atoms with E-state index < -0.39 is 0 Å². The number of allylic oxidation sites excluding steroid dienone is 1. The normalized spacial score (nSPS) is 12.9. The molecule has 0 bridgehead atoms. The minimum Gasteiger partial charge on any atom is -0.372 e. The van der Waals surface area contributed by atoms with Gasteiger partial charge in [-0.3, -0.25) is 9.79 Å². The lowest BCUT2D eigenvalue weighted by molar-refractivity contribution is -0.115. The second-order valence-electron chi connectivity index (χ2n) is 1.66. The third-order valence-electron chi connectivity index (χ3n) is 0.588. The minimum atomic E-state index is -0.333. The van der Waals surface area contributed by atoms with Gasteiger partial charge in [-0.2, -0.15) is 0 Å². The minimum absolute atomic E-state index is 0.333. The monoisotopic (exact) mass is 141 g/mol. The van der Waals surface area contributed by atoms with Crippen LogP contribution in [0.2, 0.25) is 0 Å². The Bertz CT molecular complexity index is 135. The molecule has 0 spiro atoms. The van der Waals surface area contributed by atoms with Crippen LogP contribution in [0.15, 0.2) is 17.3 Å². The molecule has 1 amide bonds. The van der Waals surface area contributed by atoms with Crippen LogP contribution in [-0.4, -0.2) is 18.8 Å². The van der Waals surface area contributed by atoms with E-state index >= 15 is 0 Å². The molecule has 4 heteroatoms. The molecule has 0 aromatic carbocycles. The number of amides is 1. The number of aliphatic imine (C=N–C) groups is 1. The van der Waals surface area contributed by atoms with Gasteiger partial charge in [0.15, 0.2) is 0 Å². The highest BCUT2D eigenvalue weighted by molar-refractivity contribution is 5.71. The summed E-state index contributed by atoms with van der Waals surface area (Å²) in [6, 6.07) is 0. The zero-order chi connectivity index (χ0) is 7.82. The van der Waals surface area contributed by atoms with E-state index in [0.717, 1.165) is 6.67 Å². The van der Waals surface area contributed by atoms with Crippen molar-refractivity contribution in [2.24, 2.45) is 10.7 Å². The second-order valence-corrected chi connectivity index (χ2v) is 1.66. The van der Waals surface area contributed by atoms with Gasteiger partial charge in [0.2, 0.25) is 5.91 Å². The number of nitrogens with two attached hydrogens (primary N) is 1. The predicted molar refractivity (Wildman–Crippen MR) is 40.5 cm³/mol. The summed E-state index contributed by atoms with van der Waals surface area (Å²) < 4.78 is 0. The van der Waals surface area contributed by atoms with Gasteiger partial charge in [0, 0.05) is 13.1 Å². The molecular weight excluding hydrogens is 130 g/mol. The Morgan fingerprint density at radius 2 is 2.40 bits per heavy atom. The number of rotatable bonds is 0. The Balaban J connectivity index is 0.000000180. The highest BCUT2D eigenvalue weighted by Crippen LogP contribution is 1.71. The SMILES string of the molecule is C1=CNCN=C1.CC(N)=O. The topological polar surface area (TPSA) is 67.5 Å². The van der Waals surface area contributed by atoms with E-state index in [1.165, 1.54) is 6.92 Å². The fraction of sp³-hybridized carbons (Fsp3) is 0.333. The van der Waals surface area contributed by atoms with Gasteiger partial charge in [-0.25, -0.2) is 0 Å². The molecule has 0 fully saturated rings. The van der Waals surface area contributed by atoms with E-state index in [1.807, 2.05) is 12.3 Å². The Hall–Kier alpha value is -1.32. The van der Waals surface area contributed by atoms with E-state index in [2.05, 4.69) is 16.0 Å². The Morgan fingerprint density at radius 3 is 2.50 bits per heavy atom. The third-order valence-corrected chi connectivity index (χ3v) is 0.588. The molecule has 0 aliphatic carbocycles. The molecule has 10 heavy (non-hydrogen) atoms. The maximum absolute atomic E-state index is 9.22. The zero-order valence-corrected chi connectivity index (χ0v) is 5.87. The van der Waals surface area contributed by atoms with E-state index in [9.17, 15) is 4.79 Å². The summed E-state index contributed by atoms with van der Waals surface area (Å²) in [6.45, 7) is 2.04. The van der Waals surface area contributed by atoms with Crippen LogP contribution in [0, 0.1) is 0 Å². The summed E-state index contributed by atoms with van der Waals surface area (Å²) in [4.78, 5) is 13.1. The number of hydrogen-bond donors (Lipinski definition) is 2. The van der Waals surface area contributed by atoms with Crippen LogP contribution in [0.1, 0.15) is 6.92 Å². The van der Waals surface area contributed by atoms with Crippen LogP contribution in [0.3, 0.4) is 0 Å². The van der Waals surface area contributed by atoms with Crippen molar-refractivity contribution in [1.82, 2.24) is 5.32 Å². The Labute approximate surface area is 59.8 Å². The quantitative estimate of drug-likeness (QED) is 0.483. The average molecular weight is 141 g/mol. The lowest BCUT2D eigenvalue weighted by Gasteiger charge is -1.94. The predicted octanol–water partition coefficient (Wildman–Crippen LogP) is -0.377. The number of primary amides is 1. The van der Waals surface area contributed by atoms with Crippen LogP contribution < -0.4 is 11.1 Å². The fourth-order valence-corrected chi connectivity index (χ4v) is 0.330. The maximum Gasteiger partial charge on any atom is 0.214 e. The molecule has 4 nitrogen and oxygen atoms in total. The van der Waals surface area contributed by atoms with Gasteiger partial charge in [0.05, 0.1) is 0 Å². The second kappa shape index (κ2) is 5.81. The van der Waals surface area contributed by atoms with Crippen LogP contribution >= 0.6 is 0 Å². The molecule has 0 saturated carbocycles. The molecule has 1 rings (SSSR count). The zero-order valence-electron chi connectivity index (χ0n) is 5.87. The molecule has 3 N–H and O–H groups in total. The Morgan fingerprint density at radius 1 is 1.80 bits per heavy atom. The molecule has 0 radical (unpaired) electrons. The number of carbonyl (C=O) groups is 1. The van der Waals surface area contributed by atoms with E-state index in [-0.39, 0.29) is 5.91 Å². The smallest absolute Gasteiger partial charge is 0.214 e. The maximum atomic E-state index is 9.22. The lowest BCUT2D eigenvalue weighted by Crippen LogP contribution is -2.06. The third kappa shape index (κ3) is 9.84. The van der Waals surface area contributed by atoms with E-state index in [1.54, 1.807) is 6.21 Å². The molecule has 56 valence electrons. The van der Waals surface area contributed by atoms with Crippen LogP contribution in [0.4, 0.5) is 0 Å². The van der Waals surface area contributed by atoms with Crippen molar-refractivity contribution in [3.63, 3.8) is 0 Å². The fourth-order valence-electron chi connectivity index (χ4n) is 0.330. The van der Waals surface area contributed by atoms with E-state index in [4.69, 9.17) is 0 Å². The largest absolute Gasteiger partial charge is 0.372 e. The highest BCUT2D eigenvalue weighted by Gasteiger charge is 1.73. The van der Waals surface area contributed by atoms with Gasteiger partial charge >= 0.3 is 0 Å². The molecule has 1 aliphatic rings. The van der Waals surface area contributed by atoms with Crippen molar-refractivity contribution < 1.29 is 4.79 Å². The number of carbonyl (C=O) groups excluding carboxylic acids is 1. The number of hydrogen-bond acceptors (Lipinski definition) is 3. The summed E-state index contributed by atoms with van der Waals surface area (Å²) in [7, 11) is 0. The Kier molecular flexibility index (Phi) is 5.04. The molecule has 0 aromatic rings. The van der Waals surface area contributed by atoms with Gasteiger partial charge in [0.25, 0.3) is 0 Å². The molecule has 0 aromatic heterocycles. The summed E-state index contributed by atoms with van der Waals surface area (Å²) in [5.74, 6) is -0.333. The summed E-state index contributed by atoms with van der Waals surface area (Å²) in [6.07, 6.45) is 5.51. The van der Waals surface area contributed by atoms with Crippen molar-refractivity contribution in [2.45, 2.75) is 6.92 Å². The average Bonchev–Trinajstić information content (AvgIpc) is 1.90. The van der Waals surface area contributed by atoms with Crippen molar-refractivity contribution in [3.8, 4) is 0 Å². The first-order valence-corrected chi connectivity index (χ1v) is 2.88. The van der Waals surface area contributed by atoms with Crippen molar-refractivity contribution in [1.29, 1.82) is 0 Å². The number of nitrogens with zero attached hydrogens (tertiary/aromatic N) is 1. The lowest BCUT2D eigenvalue weighted by atomic mass is 10.6. The molecule has 1 heterocycles. The van der Waals surface area contributed by atoms with Crippen molar-refractivity contribution >= 4 is 12.1 Å². The van der Waals surface area contributed by atoms with Gasteiger partial charge in [0.1, 0.15) is 6.67 Å². The van der Waals surface area contributed by atoms with E-state index in [0.29, 0.717) is 0 Å². The molecular formula is C6H11N3O. The summed E-state index contributed by atoms with van der Waals surface area (Å²) in [5.41, 5.74) is 4.47. The highest BCUT2D eigenvalue weighted by atomic mass is 16.1. The van der Waals surface area contributed by atoms with Crippen molar-refractivity contribution in [3.05, 3.63) is 12.3 Å². The molecule has 0 saturated heterocycles. The van der Waals surface area contributed by atoms with Gasteiger partial charge in [-0.15, -0.1) is 0 Å². The van der Waals surface area contributed by atoms with Gasteiger partial charge < -0.3 is 11.1 Å². The summed E-state index contributed by atoms with van der Waals surface area (Å²) in [5, 5.41) is 2.91. The first kappa shape index (κ1) is 8.68. The standard InChI is InChI=1S/C4H6N2.C2H5NO/c1-2-5-4-6-3-1;1-2(3)4/h1-3,5H,4H2;1H3,(H2,3,4). The molecule has 1 aliphatic heterocycles. The van der Waals surface area contributed by atoms with Crippen molar-refractivity contribution in [2.75, 3.05) is 6.67 Å². The first-order valence-electron chi connectivity index (χ1n) is 2.88. The van der Waals surface area contributed by atoms with Crippen LogP contribution in [-0.2, 0) is 4.79 Å². The van der Waals surface area contributed by atoms with Crippen LogP contribution in [0.5, 0.6) is 0 Å². The van der Waals surface area contributed by atoms with Gasteiger partial charge in [-0.1, -0.05) is 0 Å². The first-order chi connectivity index (χ1) is 4.73. The molecule has 0 atom stereocenters. The van der Waals surface area contributed by atoms with Crippen LogP contribution in [0.25, 0.3) is 0 Å². The summed E-state index contributed by atoms with van der Waals surface area (Å²) >= 11 is 0. The molecule has 0 unspecified atom stereocenters. The van der Waals surface area contributed by atoms with Gasteiger partial charge in [-0.05, 0) is 12.3 Å². The number of nitrogens with one attached hydrogen (secondary N) is 1.